The molecule has 1 saturated heterocycles. The molecule has 1 amide bonds. The summed E-state index contributed by atoms with van der Waals surface area (Å²) in [5.74, 6) is 0.664. The zero-order valence-corrected chi connectivity index (χ0v) is 12.9. The number of hydrogen-bond donors (Lipinski definition) is 1. The number of carbonyl (C=O) groups excluding carboxylic acids is 1. The Balaban J connectivity index is 1.70. The van der Waals surface area contributed by atoms with Crippen LogP contribution in [0.5, 0.6) is 0 Å². The molecule has 2 atom stereocenters. The number of carbonyl (C=O) groups is 1. The van der Waals surface area contributed by atoms with Crippen molar-refractivity contribution in [3.63, 3.8) is 0 Å². The van der Waals surface area contributed by atoms with E-state index in [9.17, 15) is 4.79 Å². The summed E-state index contributed by atoms with van der Waals surface area (Å²) in [6.07, 6.45) is 6.44. The molecule has 0 aromatic heterocycles. The average molecular weight is 286 g/mol. The molecule has 1 aliphatic carbocycles. The van der Waals surface area contributed by atoms with Gasteiger partial charge in [0.05, 0.1) is 0 Å². The van der Waals surface area contributed by atoms with E-state index in [0.29, 0.717) is 18.0 Å². The first-order valence-electron chi connectivity index (χ1n) is 8.29. The van der Waals surface area contributed by atoms with Gasteiger partial charge < -0.3 is 10.2 Å². The highest BCUT2D eigenvalue weighted by Crippen LogP contribution is 2.28. The number of nitrogens with one attached hydrogen (secondary N) is 1. The van der Waals surface area contributed by atoms with Crippen molar-refractivity contribution < 1.29 is 4.79 Å². The highest BCUT2D eigenvalue weighted by Gasteiger charge is 2.31. The summed E-state index contributed by atoms with van der Waals surface area (Å²) >= 11 is 0. The zero-order valence-electron chi connectivity index (χ0n) is 12.9. The van der Waals surface area contributed by atoms with E-state index in [1.807, 2.05) is 4.90 Å². The highest BCUT2D eigenvalue weighted by atomic mass is 16.2. The second kappa shape index (κ2) is 6.61. The number of piperidine rings is 1. The molecule has 21 heavy (non-hydrogen) atoms. The minimum absolute atomic E-state index is 0.203. The van der Waals surface area contributed by atoms with E-state index in [2.05, 4.69) is 35.6 Å². The van der Waals surface area contributed by atoms with Crippen molar-refractivity contribution in [1.82, 2.24) is 10.2 Å². The van der Waals surface area contributed by atoms with Crippen LogP contribution >= 0.6 is 0 Å². The molecule has 2 aliphatic rings. The molecule has 1 N–H and O–H groups in total. The summed E-state index contributed by atoms with van der Waals surface area (Å²) in [4.78, 5) is 13.9. The average Bonchev–Trinajstić information content (AvgIpc) is 3.01. The van der Waals surface area contributed by atoms with E-state index in [1.165, 1.54) is 31.2 Å². The second-order valence-electron chi connectivity index (χ2n) is 6.61. The van der Waals surface area contributed by atoms with Gasteiger partial charge in [-0.05, 0) is 24.8 Å². The highest BCUT2D eigenvalue weighted by molar-refractivity contribution is 5.73. The van der Waals surface area contributed by atoms with E-state index in [0.717, 1.165) is 19.5 Å². The lowest BCUT2D eigenvalue weighted by Gasteiger charge is -2.39. The molecule has 1 aromatic carbocycles. The van der Waals surface area contributed by atoms with Crippen molar-refractivity contribution in [2.24, 2.45) is 0 Å². The van der Waals surface area contributed by atoms with Crippen LogP contribution in [0.4, 0.5) is 0 Å². The van der Waals surface area contributed by atoms with E-state index < -0.39 is 0 Å². The number of hydrogen-bond acceptors (Lipinski definition) is 2. The molecule has 2 unspecified atom stereocenters. The van der Waals surface area contributed by atoms with Gasteiger partial charge in [0.15, 0.2) is 0 Å². The second-order valence-corrected chi connectivity index (χ2v) is 6.61. The molecule has 1 aliphatic heterocycles. The Morgan fingerprint density at radius 2 is 1.81 bits per heavy atom. The van der Waals surface area contributed by atoms with E-state index in [4.69, 9.17) is 0 Å². The Kier molecular flexibility index (Phi) is 4.59. The number of likely N-dealkylation sites (tertiary alicyclic amines) is 1. The first-order valence-corrected chi connectivity index (χ1v) is 8.29. The zero-order chi connectivity index (χ0) is 14.7. The van der Waals surface area contributed by atoms with E-state index in [1.54, 1.807) is 6.92 Å². The molecule has 3 heteroatoms. The number of rotatable bonds is 3. The molecule has 0 spiro atoms. The third-order valence-electron chi connectivity index (χ3n) is 4.99. The van der Waals surface area contributed by atoms with Gasteiger partial charge in [-0.25, -0.2) is 0 Å². The Hall–Kier alpha value is -1.35. The normalized spacial score (nSPS) is 27.0. The van der Waals surface area contributed by atoms with Gasteiger partial charge in [0.2, 0.25) is 5.91 Å². The van der Waals surface area contributed by atoms with Gasteiger partial charge >= 0.3 is 0 Å². The Morgan fingerprint density at radius 3 is 2.48 bits per heavy atom. The summed E-state index contributed by atoms with van der Waals surface area (Å²) in [5.41, 5.74) is 1.36. The van der Waals surface area contributed by atoms with Crippen LogP contribution in [0.15, 0.2) is 30.3 Å². The van der Waals surface area contributed by atoms with Gasteiger partial charge in [0.1, 0.15) is 0 Å². The molecule has 1 saturated carbocycles. The molecule has 0 radical (unpaired) electrons. The minimum Gasteiger partial charge on any atom is -0.341 e. The van der Waals surface area contributed by atoms with Crippen LogP contribution in [0.2, 0.25) is 0 Å². The van der Waals surface area contributed by atoms with Crippen molar-refractivity contribution in [2.45, 2.75) is 57.0 Å². The van der Waals surface area contributed by atoms with Crippen LogP contribution in [-0.4, -0.2) is 36.0 Å². The van der Waals surface area contributed by atoms with Gasteiger partial charge in [-0.15, -0.1) is 0 Å². The summed E-state index contributed by atoms with van der Waals surface area (Å²) in [7, 11) is 0. The molecular weight excluding hydrogens is 260 g/mol. The number of benzene rings is 1. The lowest BCUT2D eigenvalue weighted by atomic mass is 9.87. The predicted octanol–water partition coefficient (Wildman–Crippen LogP) is 2.92. The van der Waals surface area contributed by atoms with E-state index >= 15 is 0 Å². The number of nitrogens with zero attached hydrogens (tertiary/aromatic N) is 1. The van der Waals surface area contributed by atoms with Crippen LogP contribution in [0.3, 0.4) is 0 Å². The third kappa shape index (κ3) is 3.65. The Bertz CT molecular complexity index is 467. The van der Waals surface area contributed by atoms with E-state index in [-0.39, 0.29) is 5.91 Å². The third-order valence-corrected chi connectivity index (χ3v) is 4.99. The Morgan fingerprint density at radius 1 is 1.10 bits per heavy atom. The van der Waals surface area contributed by atoms with Crippen molar-refractivity contribution in [3.8, 4) is 0 Å². The van der Waals surface area contributed by atoms with Gasteiger partial charge in [0, 0.05) is 38.0 Å². The fraction of sp³-hybridized carbons (Fsp3) is 0.611. The molecule has 1 heterocycles. The maximum absolute atomic E-state index is 11.9. The van der Waals surface area contributed by atoms with Crippen molar-refractivity contribution in [2.75, 3.05) is 13.1 Å². The first-order chi connectivity index (χ1) is 10.2. The lowest BCUT2D eigenvalue weighted by molar-refractivity contribution is -0.130. The van der Waals surface area contributed by atoms with Gasteiger partial charge in [-0.1, -0.05) is 43.2 Å². The van der Waals surface area contributed by atoms with Crippen LogP contribution in [-0.2, 0) is 4.79 Å². The van der Waals surface area contributed by atoms with Crippen LogP contribution in [0.1, 0.15) is 50.5 Å². The summed E-state index contributed by atoms with van der Waals surface area (Å²) in [6, 6.07) is 11.8. The van der Waals surface area contributed by atoms with Crippen molar-refractivity contribution >= 4 is 5.91 Å². The maximum atomic E-state index is 11.9. The molecule has 3 rings (SSSR count). The van der Waals surface area contributed by atoms with Gasteiger partial charge in [-0.3, -0.25) is 4.79 Å². The first kappa shape index (κ1) is 14.6. The molecular formula is C18H26N2O. The molecule has 3 nitrogen and oxygen atoms in total. The topological polar surface area (TPSA) is 32.3 Å². The van der Waals surface area contributed by atoms with Gasteiger partial charge in [0.25, 0.3) is 0 Å². The SMILES string of the molecule is CC(=O)N1CC(NC2CCCC2)CC(c2ccccc2)C1. The molecule has 1 aromatic rings. The summed E-state index contributed by atoms with van der Waals surface area (Å²) in [5, 5.41) is 3.81. The summed E-state index contributed by atoms with van der Waals surface area (Å²) in [6.45, 7) is 3.43. The molecule has 0 bridgehead atoms. The quantitative estimate of drug-likeness (QED) is 0.926. The fourth-order valence-electron chi connectivity index (χ4n) is 3.87. The lowest BCUT2D eigenvalue weighted by Crippen LogP contribution is -2.52. The largest absolute Gasteiger partial charge is 0.341 e. The monoisotopic (exact) mass is 286 g/mol. The summed E-state index contributed by atoms with van der Waals surface area (Å²) < 4.78 is 0. The van der Waals surface area contributed by atoms with Crippen LogP contribution < -0.4 is 5.32 Å². The Labute approximate surface area is 127 Å². The molecule has 114 valence electrons. The van der Waals surface area contributed by atoms with Crippen molar-refractivity contribution in [3.05, 3.63) is 35.9 Å². The standard InChI is InChI=1S/C18H26N2O/c1-14(21)20-12-16(15-7-3-2-4-8-15)11-18(13-20)19-17-9-5-6-10-17/h2-4,7-8,16-19H,5-6,9-13H2,1H3. The van der Waals surface area contributed by atoms with Crippen LogP contribution in [0.25, 0.3) is 0 Å². The number of amides is 1. The van der Waals surface area contributed by atoms with Crippen LogP contribution in [0, 0.1) is 0 Å². The maximum Gasteiger partial charge on any atom is 0.219 e. The van der Waals surface area contributed by atoms with Crippen molar-refractivity contribution in [1.29, 1.82) is 0 Å². The predicted molar refractivity (Wildman–Crippen MR) is 85.2 cm³/mol. The van der Waals surface area contributed by atoms with Gasteiger partial charge in [-0.2, -0.15) is 0 Å². The fourth-order valence-corrected chi connectivity index (χ4v) is 3.87. The molecule has 2 fully saturated rings. The smallest absolute Gasteiger partial charge is 0.219 e. The minimum atomic E-state index is 0.203.